The van der Waals surface area contributed by atoms with Crippen LogP contribution in [-0.4, -0.2) is 32.2 Å². The fourth-order valence-corrected chi connectivity index (χ4v) is 4.99. The average molecular weight is 548 g/mol. The summed E-state index contributed by atoms with van der Waals surface area (Å²) in [7, 11) is 2.50. The molecule has 0 fully saturated rings. The van der Waals surface area contributed by atoms with Gasteiger partial charge in [0.2, 0.25) is 0 Å². The van der Waals surface area contributed by atoms with Gasteiger partial charge in [0.25, 0.3) is 0 Å². The summed E-state index contributed by atoms with van der Waals surface area (Å²) in [4.78, 5) is 11.6. The van der Waals surface area contributed by atoms with Crippen LogP contribution in [0, 0.1) is 0 Å². The fourth-order valence-electron chi connectivity index (χ4n) is 4.20. The van der Waals surface area contributed by atoms with Gasteiger partial charge in [-0.25, -0.2) is 4.57 Å². The van der Waals surface area contributed by atoms with E-state index in [-0.39, 0.29) is 11.5 Å². The van der Waals surface area contributed by atoms with E-state index in [0.717, 1.165) is 4.48 Å². The number of benzene rings is 2. The van der Waals surface area contributed by atoms with Gasteiger partial charge in [-0.1, -0.05) is 127 Å². The van der Waals surface area contributed by atoms with E-state index < -0.39 is 7.82 Å². The molecule has 0 N–H and O–H groups in total. The molecule has 0 spiro atoms. The molecule has 0 atom stereocenters. The average Bonchev–Trinajstić information content (AvgIpc) is 2.87. The standard InChI is InChI=1S/C20H44N.C12H11O4P/c1-5-6-7-8-9-10-11-12-13-14-15-16-17-18-19-20-21(2,3)4;13-17(14,15-11-7-3-1-4-8-11)16-12-9-5-2-6-10-12/h5-20H2,1-4H3;1-10H,(H,13,14)/q+1;/p-1. The van der Waals surface area contributed by atoms with Gasteiger partial charge in [-0.15, -0.1) is 0 Å². The molecule has 216 valence electrons. The van der Waals surface area contributed by atoms with Gasteiger partial charge < -0.3 is 18.4 Å². The third-order valence-corrected chi connectivity index (χ3v) is 7.22. The molecule has 2 rings (SSSR count). The minimum absolute atomic E-state index is 0.224. The van der Waals surface area contributed by atoms with Gasteiger partial charge in [0, 0.05) is 0 Å². The largest absolute Gasteiger partial charge is 0.736 e. The second kappa shape index (κ2) is 21.1. The van der Waals surface area contributed by atoms with Crippen molar-refractivity contribution in [3.63, 3.8) is 0 Å². The number of hydrogen-bond donors (Lipinski definition) is 0. The summed E-state index contributed by atoms with van der Waals surface area (Å²) in [6, 6.07) is 16.4. The van der Waals surface area contributed by atoms with Gasteiger partial charge in [0.1, 0.15) is 11.5 Å². The Morgan fingerprint density at radius 1 is 0.579 bits per heavy atom. The molecule has 0 bridgehead atoms. The fraction of sp³-hybridized carbons (Fsp3) is 0.625. The normalized spacial score (nSPS) is 11.5. The summed E-state index contributed by atoms with van der Waals surface area (Å²) >= 11 is 0. The van der Waals surface area contributed by atoms with Crippen LogP contribution in [0.5, 0.6) is 11.5 Å². The van der Waals surface area contributed by atoms with Crippen LogP contribution in [0.2, 0.25) is 0 Å². The molecule has 2 aromatic carbocycles. The number of nitrogens with zero attached hydrogens (tertiary/aromatic N) is 1. The molecule has 0 aliphatic rings. The quantitative estimate of drug-likeness (QED) is 0.0942. The first kappa shape index (κ1) is 34.2. The highest BCUT2D eigenvalue weighted by Crippen LogP contribution is 2.40. The van der Waals surface area contributed by atoms with Crippen LogP contribution in [0.3, 0.4) is 0 Å². The Morgan fingerprint density at radius 3 is 1.21 bits per heavy atom. The Hall–Kier alpha value is -1.81. The maximum absolute atomic E-state index is 11.6. The van der Waals surface area contributed by atoms with Gasteiger partial charge in [-0.2, -0.15) is 0 Å². The lowest BCUT2D eigenvalue weighted by Gasteiger charge is -2.23. The van der Waals surface area contributed by atoms with E-state index in [1.807, 2.05) is 0 Å². The molecule has 0 heterocycles. The molecule has 0 amide bonds. The predicted molar refractivity (Wildman–Crippen MR) is 160 cm³/mol. The van der Waals surface area contributed by atoms with Crippen molar-refractivity contribution < 1.29 is 23.0 Å². The minimum Gasteiger partial charge on any atom is -0.736 e. The SMILES string of the molecule is CCCCCCCCCCCCCCCCC[N+](C)(C)C.O=P([O-])(Oc1ccccc1)Oc1ccccc1. The Bertz CT molecular complexity index is 794. The van der Waals surface area contributed by atoms with Crippen LogP contribution in [0.4, 0.5) is 0 Å². The second-order valence-electron chi connectivity index (χ2n) is 11.2. The Kier molecular flexibility index (Phi) is 19.0. The molecule has 0 aliphatic carbocycles. The van der Waals surface area contributed by atoms with E-state index in [0.29, 0.717) is 0 Å². The highest BCUT2D eigenvalue weighted by atomic mass is 31.2. The van der Waals surface area contributed by atoms with Crippen LogP contribution in [0.15, 0.2) is 60.7 Å². The monoisotopic (exact) mass is 547 g/mol. The zero-order valence-electron chi connectivity index (χ0n) is 24.6. The summed E-state index contributed by atoms with van der Waals surface area (Å²) in [5.41, 5.74) is 0. The molecule has 0 saturated carbocycles. The number of phosphoric acid groups is 1. The van der Waals surface area contributed by atoms with Crippen molar-refractivity contribution in [2.24, 2.45) is 0 Å². The zero-order chi connectivity index (χ0) is 28.0. The van der Waals surface area contributed by atoms with Gasteiger partial charge in [0.15, 0.2) is 0 Å². The summed E-state index contributed by atoms with van der Waals surface area (Å²) < 4.78 is 22.2. The Labute approximate surface area is 233 Å². The van der Waals surface area contributed by atoms with Crippen molar-refractivity contribution in [1.82, 2.24) is 0 Å². The van der Waals surface area contributed by atoms with E-state index in [4.69, 9.17) is 9.05 Å². The van der Waals surface area contributed by atoms with Crippen LogP contribution >= 0.6 is 7.82 Å². The predicted octanol–water partition coefficient (Wildman–Crippen LogP) is 9.18. The lowest BCUT2D eigenvalue weighted by Crippen LogP contribution is -2.35. The first-order chi connectivity index (χ1) is 18.2. The number of quaternary nitrogens is 1. The van der Waals surface area contributed by atoms with E-state index in [9.17, 15) is 9.46 Å². The summed E-state index contributed by atoms with van der Waals surface area (Å²) in [6.45, 7) is 3.63. The molecule has 0 saturated heterocycles. The summed E-state index contributed by atoms with van der Waals surface area (Å²) in [5, 5.41) is 0. The smallest absolute Gasteiger partial charge is 0.372 e. The molecular formula is C32H54NO4P. The number of unbranched alkanes of at least 4 members (excludes halogenated alkanes) is 14. The number of rotatable bonds is 20. The third kappa shape index (κ3) is 21.2. The second-order valence-corrected chi connectivity index (χ2v) is 12.5. The van der Waals surface area contributed by atoms with Gasteiger partial charge in [-0.05, 0) is 37.1 Å². The van der Waals surface area contributed by atoms with Crippen LogP contribution in [0.1, 0.15) is 103 Å². The molecule has 0 aliphatic heterocycles. The molecule has 2 aromatic rings. The molecule has 0 unspecified atom stereocenters. The zero-order valence-corrected chi connectivity index (χ0v) is 25.5. The van der Waals surface area contributed by atoms with Gasteiger partial charge >= 0.3 is 7.82 Å². The topological polar surface area (TPSA) is 58.6 Å². The summed E-state index contributed by atoms with van der Waals surface area (Å²) in [5.74, 6) is 0.448. The van der Waals surface area contributed by atoms with Crippen molar-refractivity contribution in [1.29, 1.82) is 0 Å². The maximum Gasteiger partial charge on any atom is 0.372 e. The summed E-state index contributed by atoms with van der Waals surface area (Å²) in [6.07, 6.45) is 21.9. The van der Waals surface area contributed by atoms with Crippen molar-refractivity contribution in [3.8, 4) is 11.5 Å². The molecule has 0 radical (unpaired) electrons. The first-order valence-electron chi connectivity index (χ1n) is 14.8. The highest BCUT2D eigenvalue weighted by molar-refractivity contribution is 7.46. The first-order valence-corrected chi connectivity index (χ1v) is 16.3. The van der Waals surface area contributed by atoms with Crippen LogP contribution in [-0.2, 0) is 4.57 Å². The van der Waals surface area contributed by atoms with Crippen molar-refractivity contribution in [2.75, 3.05) is 27.7 Å². The van der Waals surface area contributed by atoms with E-state index in [1.54, 1.807) is 60.7 Å². The van der Waals surface area contributed by atoms with Gasteiger partial charge in [0.05, 0.1) is 27.7 Å². The van der Waals surface area contributed by atoms with E-state index in [2.05, 4.69) is 28.1 Å². The van der Waals surface area contributed by atoms with E-state index >= 15 is 0 Å². The maximum atomic E-state index is 11.6. The lowest BCUT2D eigenvalue weighted by molar-refractivity contribution is -0.870. The third-order valence-electron chi connectivity index (χ3n) is 6.35. The Morgan fingerprint density at radius 2 is 0.895 bits per heavy atom. The van der Waals surface area contributed by atoms with Gasteiger partial charge in [-0.3, -0.25) is 0 Å². The van der Waals surface area contributed by atoms with Crippen LogP contribution in [0.25, 0.3) is 0 Å². The molecule has 5 nitrogen and oxygen atoms in total. The van der Waals surface area contributed by atoms with Crippen molar-refractivity contribution >= 4 is 7.82 Å². The molecule has 6 heteroatoms. The van der Waals surface area contributed by atoms with Crippen molar-refractivity contribution in [2.45, 2.75) is 103 Å². The molecule has 38 heavy (non-hydrogen) atoms. The lowest BCUT2D eigenvalue weighted by atomic mass is 10.0. The molecular weight excluding hydrogens is 493 g/mol. The van der Waals surface area contributed by atoms with E-state index in [1.165, 1.54) is 103 Å². The highest BCUT2D eigenvalue weighted by Gasteiger charge is 2.12. The number of hydrogen-bond acceptors (Lipinski definition) is 4. The minimum atomic E-state index is -4.39. The molecule has 0 aromatic heterocycles. The number of para-hydroxylation sites is 2. The number of phosphoric ester groups is 1. The van der Waals surface area contributed by atoms with Crippen LogP contribution < -0.4 is 13.9 Å². The Balaban J connectivity index is 0.000000386. The van der Waals surface area contributed by atoms with Crippen molar-refractivity contribution in [3.05, 3.63) is 60.7 Å².